The van der Waals surface area contributed by atoms with Crippen LogP contribution in [-0.4, -0.2) is 53.8 Å². The predicted molar refractivity (Wildman–Crippen MR) is 103 cm³/mol. The lowest BCUT2D eigenvalue weighted by Gasteiger charge is -2.22. The van der Waals surface area contributed by atoms with E-state index in [0.717, 1.165) is 37.6 Å². The van der Waals surface area contributed by atoms with Gasteiger partial charge in [-0.3, -0.25) is 0 Å². The second-order valence-corrected chi connectivity index (χ2v) is 14.9. The molecule has 0 rings (SSSR count). The van der Waals surface area contributed by atoms with Crippen LogP contribution in [0, 0.1) is 0 Å². The zero-order valence-corrected chi connectivity index (χ0v) is 18.1. The van der Waals surface area contributed by atoms with E-state index in [9.17, 15) is 0 Å². The zero-order valence-electron chi connectivity index (χ0n) is 14.2. The molecule has 0 aliphatic rings. The van der Waals surface area contributed by atoms with E-state index in [0.29, 0.717) is 11.5 Å². The second-order valence-electron chi connectivity index (χ2n) is 5.88. The Morgan fingerprint density at radius 3 is 1.35 bits per heavy atom. The summed E-state index contributed by atoms with van der Waals surface area (Å²) in [5.74, 6) is 2.30. The predicted octanol–water partition coefficient (Wildman–Crippen LogP) is 4.01. The van der Waals surface area contributed by atoms with Gasteiger partial charge in [-0.25, -0.2) is 0 Å². The summed E-state index contributed by atoms with van der Waals surface area (Å²) in [4.78, 5) is 0. The molecule has 6 heteroatoms. The minimum atomic E-state index is -0.701. The molecule has 0 fully saturated rings. The molecule has 0 radical (unpaired) electrons. The lowest BCUT2D eigenvalue weighted by molar-refractivity contribution is 0.117. The van der Waals surface area contributed by atoms with Crippen LogP contribution in [0.1, 0.15) is 26.7 Å². The van der Waals surface area contributed by atoms with Gasteiger partial charge < -0.3 is 9.47 Å². The van der Waals surface area contributed by atoms with Crippen molar-refractivity contribution in [1.82, 2.24) is 0 Å². The molecule has 2 atom stereocenters. The minimum Gasteiger partial charge on any atom is -0.381 e. The van der Waals surface area contributed by atoms with Crippen LogP contribution in [0.5, 0.6) is 0 Å². The lowest BCUT2D eigenvalue weighted by Crippen LogP contribution is -2.31. The molecule has 2 unspecified atom stereocenters. The third-order valence-corrected chi connectivity index (χ3v) is 10.0. The van der Waals surface area contributed by atoms with E-state index in [1.54, 1.807) is 0 Å². The molecule has 2 nitrogen and oxygen atoms in total. The summed E-state index contributed by atoms with van der Waals surface area (Å²) in [6.45, 7) is 15.8. The molecule has 0 aromatic rings. The summed E-state index contributed by atoms with van der Waals surface area (Å²) >= 11 is 0. The third-order valence-electron chi connectivity index (χ3n) is 3.11. The Hall–Kier alpha value is 1.05. The van der Waals surface area contributed by atoms with Crippen molar-refractivity contribution >= 4 is 39.2 Å². The molecule has 0 N–H and O–H groups in total. The van der Waals surface area contributed by atoms with Crippen molar-refractivity contribution in [3.63, 3.8) is 0 Å². The van der Waals surface area contributed by atoms with Crippen LogP contribution in [0.2, 0.25) is 26.2 Å². The Labute approximate surface area is 137 Å². The van der Waals surface area contributed by atoms with Crippen LogP contribution in [0.25, 0.3) is 0 Å². The standard InChI is InChI=1S/C14H34O2S2Si2/c1-7-9-15-13(19(3)4)11-17-18-12-14(20(5)6)16-10-8-2/h13-14,19-20H,7-12H2,1-6H3. The van der Waals surface area contributed by atoms with E-state index in [-0.39, 0.29) is 0 Å². The van der Waals surface area contributed by atoms with Crippen LogP contribution < -0.4 is 0 Å². The maximum atomic E-state index is 5.98. The van der Waals surface area contributed by atoms with Crippen molar-refractivity contribution in [3.05, 3.63) is 0 Å². The third kappa shape index (κ3) is 10.7. The monoisotopic (exact) mass is 354 g/mol. The Bertz CT molecular complexity index is 197. The molecule has 0 aromatic carbocycles. The van der Waals surface area contributed by atoms with Gasteiger partial charge >= 0.3 is 0 Å². The maximum Gasteiger partial charge on any atom is 0.0667 e. The summed E-state index contributed by atoms with van der Waals surface area (Å²) in [7, 11) is 2.57. The highest BCUT2D eigenvalue weighted by Crippen LogP contribution is 2.26. The Morgan fingerprint density at radius 2 is 1.10 bits per heavy atom. The quantitative estimate of drug-likeness (QED) is 0.282. The van der Waals surface area contributed by atoms with Crippen LogP contribution >= 0.6 is 21.6 Å². The van der Waals surface area contributed by atoms with Gasteiger partial charge in [-0.15, -0.1) is 0 Å². The highest BCUT2D eigenvalue weighted by molar-refractivity contribution is 8.76. The van der Waals surface area contributed by atoms with Gasteiger partial charge in [0, 0.05) is 24.7 Å². The topological polar surface area (TPSA) is 18.5 Å². The minimum absolute atomic E-state index is 0.527. The number of rotatable bonds is 13. The van der Waals surface area contributed by atoms with Crippen molar-refractivity contribution in [2.45, 2.75) is 64.3 Å². The van der Waals surface area contributed by atoms with Gasteiger partial charge in [0.1, 0.15) is 0 Å². The smallest absolute Gasteiger partial charge is 0.0667 e. The molecular formula is C14H34O2S2Si2. The van der Waals surface area contributed by atoms with Crippen molar-refractivity contribution in [3.8, 4) is 0 Å². The van der Waals surface area contributed by atoms with Gasteiger partial charge in [-0.2, -0.15) is 0 Å². The van der Waals surface area contributed by atoms with Crippen LogP contribution in [0.3, 0.4) is 0 Å². The fourth-order valence-electron chi connectivity index (χ4n) is 1.63. The van der Waals surface area contributed by atoms with Crippen molar-refractivity contribution in [2.24, 2.45) is 0 Å². The van der Waals surface area contributed by atoms with E-state index in [1.807, 2.05) is 21.6 Å². The second kappa shape index (κ2) is 13.7. The molecule has 0 spiro atoms. The fourth-order valence-corrected chi connectivity index (χ4v) is 9.21. The molecule has 0 aliphatic heterocycles. The molecule has 0 bridgehead atoms. The molecule has 20 heavy (non-hydrogen) atoms. The van der Waals surface area contributed by atoms with Crippen LogP contribution in [0.15, 0.2) is 0 Å². The average Bonchev–Trinajstić information content (AvgIpc) is 2.40. The first-order valence-corrected chi connectivity index (χ1v) is 16.4. The molecule has 0 heterocycles. The van der Waals surface area contributed by atoms with Gasteiger partial charge in [0.25, 0.3) is 0 Å². The fraction of sp³-hybridized carbons (Fsp3) is 1.00. The van der Waals surface area contributed by atoms with Crippen LogP contribution in [0.4, 0.5) is 0 Å². The Balaban J connectivity index is 3.88. The largest absolute Gasteiger partial charge is 0.381 e. The summed E-state index contributed by atoms with van der Waals surface area (Å²) in [5.41, 5.74) is 1.05. The van der Waals surface area contributed by atoms with E-state index in [1.165, 1.54) is 0 Å². The molecule has 122 valence electrons. The van der Waals surface area contributed by atoms with Gasteiger partial charge in [0.2, 0.25) is 0 Å². The number of hydrogen-bond acceptors (Lipinski definition) is 4. The normalized spacial score (nSPS) is 15.0. The first-order chi connectivity index (χ1) is 9.52. The highest BCUT2D eigenvalue weighted by atomic mass is 33.1. The summed E-state index contributed by atoms with van der Waals surface area (Å²) in [5, 5.41) is 0. The van der Waals surface area contributed by atoms with Crippen molar-refractivity contribution < 1.29 is 9.47 Å². The molecule has 0 saturated heterocycles. The molecule has 0 amide bonds. The molecule has 0 saturated carbocycles. The number of hydrogen-bond donors (Lipinski definition) is 0. The van der Waals surface area contributed by atoms with Crippen molar-refractivity contribution in [1.29, 1.82) is 0 Å². The van der Waals surface area contributed by atoms with E-state index < -0.39 is 17.6 Å². The van der Waals surface area contributed by atoms with Gasteiger partial charge in [-0.05, 0) is 12.8 Å². The zero-order chi connectivity index (χ0) is 15.4. The molecule has 0 aliphatic carbocycles. The summed E-state index contributed by atoms with van der Waals surface area (Å²) in [6, 6.07) is 0. The maximum absolute atomic E-state index is 5.98. The molecular weight excluding hydrogens is 320 g/mol. The summed E-state index contributed by atoms with van der Waals surface area (Å²) < 4.78 is 12.0. The lowest BCUT2D eigenvalue weighted by atomic mass is 10.5. The summed E-state index contributed by atoms with van der Waals surface area (Å²) in [6.07, 6.45) is 2.25. The molecule has 0 aromatic heterocycles. The Morgan fingerprint density at radius 1 is 0.750 bits per heavy atom. The number of ether oxygens (including phenoxy) is 2. The highest BCUT2D eigenvalue weighted by Gasteiger charge is 2.17. The van der Waals surface area contributed by atoms with Crippen LogP contribution in [-0.2, 0) is 9.47 Å². The van der Waals surface area contributed by atoms with E-state index in [2.05, 4.69) is 40.0 Å². The van der Waals surface area contributed by atoms with Gasteiger partial charge in [0.15, 0.2) is 0 Å². The van der Waals surface area contributed by atoms with Crippen molar-refractivity contribution in [2.75, 3.05) is 24.7 Å². The SMILES string of the molecule is CCCOC(CSSCC(OCCC)[SiH](C)C)[SiH](C)C. The average molecular weight is 355 g/mol. The first-order valence-electron chi connectivity index (χ1n) is 8.00. The van der Waals surface area contributed by atoms with Gasteiger partial charge in [-0.1, -0.05) is 61.6 Å². The Kier molecular flexibility index (Phi) is 14.4. The van der Waals surface area contributed by atoms with E-state index >= 15 is 0 Å². The van der Waals surface area contributed by atoms with E-state index in [4.69, 9.17) is 9.47 Å². The van der Waals surface area contributed by atoms with Gasteiger partial charge in [0.05, 0.1) is 29.0 Å². The first kappa shape index (κ1) is 21.1.